The number of amides is 1. The van der Waals surface area contributed by atoms with Gasteiger partial charge >= 0.3 is 0 Å². The van der Waals surface area contributed by atoms with Crippen LogP contribution in [0.4, 0.5) is 17.1 Å². The topological polar surface area (TPSA) is 87.5 Å². The van der Waals surface area contributed by atoms with Gasteiger partial charge in [-0.3, -0.25) is 14.9 Å². The SMILES string of the molecule is Cc1ccc(NC(=O)CN(C)C(=S)Nc2ccc([N+](=O)[O-])cc2)cc1. The highest BCUT2D eigenvalue weighted by Crippen LogP contribution is 2.15. The van der Waals surface area contributed by atoms with E-state index in [1.165, 1.54) is 12.1 Å². The molecule has 0 aliphatic carbocycles. The van der Waals surface area contributed by atoms with E-state index >= 15 is 0 Å². The molecule has 1 amide bonds. The summed E-state index contributed by atoms with van der Waals surface area (Å²) in [6, 6.07) is 13.4. The maximum atomic E-state index is 12.1. The third kappa shape index (κ3) is 5.54. The number of nitrogens with one attached hydrogen (secondary N) is 2. The maximum Gasteiger partial charge on any atom is 0.269 e. The number of carbonyl (C=O) groups is 1. The second-order valence-corrected chi connectivity index (χ2v) is 5.89. The molecular formula is C17H18N4O3S. The fraction of sp³-hybridized carbons (Fsp3) is 0.176. The summed E-state index contributed by atoms with van der Waals surface area (Å²) in [6.45, 7) is 2.05. The monoisotopic (exact) mass is 358 g/mol. The summed E-state index contributed by atoms with van der Waals surface area (Å²) >= 11 is 5.24. The standard InChI is InChI=1S/C17H18N4O3S/c1-12-3-5-13(6-4-12)18-16(22)11-20(2)17(25)19-14-7-9-15(10-8-14)21(23)24/h3-10H,11H2,1-2H3,(H,18,22)(H,19,25). The molecule has 2 aromatic carbocycles. The van der Waals surface area contributed by atoms with Crippen LogP contribution in [0, 0.1) is 17.0 Å². The van der Waals surface area contributed by atoms with Gasteiger partial charge in [-0.05, 0) is 43.4 Å². The summed E-state index contributed by atoms with van der Waals surface area (Å²) in [5.41, 5.74) is 2.45. The number of rotatable bonds is 5. The lowest BCUT2D eigenvalue weighted by Crippen LogP contribution is -2.37. The molecular weight excluding hydrogens is 340 g/mol. The number of anilines is 2. The minimum absolute atomic E-state index is 0.00213. The van der Waals surface area contributed by atoms with E-state index in [1.54, 1.807) is 24.1 Å². The molecule has 0 unspecified atom stereocenters. The quantitative estimate of drug-likeness (QED) is 0.485. The predicted molar refractivity (Wildman–Crippen MR) is 102 cm³/mol. The van der Waals surface area contributed by atoms with E-state index in [-0.39, 0.29) is 18.1 Å². The molecule has 0 aromatic heterocycles. The van der Waals surface area contributed by atoms with Crippen LogP contribution in [0.5, 0.6) is 0 Å². The van der Waals surface area contributed by atoms with Crippen LogP contribution in [0.3, 0.4) is 0 Å². The smallest absolute Gasteiger partial charge is 0.269 e. The van der Waals surface area contributed by atoms with E-state index < -0.39 is 4.92 Å². The van der Waals surface area contributed by atoms with E-state index in [0.29, 0.717) is 10.8 Å². The first-order chi connectivity index (χ1) is 11.8. The van der Waals surface area contributed by atoms with Gasteiger partial charge in [-0.1, -0.05) is 17.7 Å². The first kappa shape index (κ1) is 18.3. The molecule has 0 aliphatic rings. The normalized spacial score (nSPS) is 10.0. The fourth-order valence-corrected chi connectivity index (χ4v) is 2.19. The van der Waals surface area contributed by atoms with Gasteiger partial charge in [-0.15, -0.1) is 0 Å². The van der Waals surface area contributed by atoms with E-state index in [1.807, 2.05) is 31.2 Å². The lowest BCUT2D eigenvalue weighted by atomic mass is 10.2. The molecule has 2 rings (SSSR count). The number of likely N-dealkylation sites (N-methyl/N-ethyl adjacent to an activating group) is 1. The van der Waals surface area contributed by atoms with E-state index in [9.17, 15) is 14.9 Å². The predicted octanol–water partition coefficient (Wildman–Crippen LogP) is 3.17. The van der Waals surface area contributed by atoms with Crippen molar-refractivity contribution in [3.63, 3.8) is 0 Å². The first-order valence-corrected chi connectivity index (χ1v) is 7.89. The zero-order valence-corrected chi connectivity index (χ0v) is 14.7. The molecule has 0 radical (unpaired) electrons. The summed E-state index contributed by atoms with van der Waals surface area (Å²) in [6.07, 6.45) is 0. The third-order valence-corrected chi connectivity index (χ3v) is 3.81. The molecule has 0 atom stereocenters. The molecule has 0 aliphatic heterocycles. The van der Waals surface area contributed by atoms with Crippen molar-refractivity contribution in [3.05, 3.63) is 64.2 Å². The van der Waals surface area contributed by atoms with Crippen LogP contribution in [0.25, 0.3) is 0 Å². The Morgan fingerprint density at radius 3 is 2.16 bits per heavy atom. The van der Waals surface area contributed by atoms with Crippen molar-refractivity contribution in [2.75, 3.05) is 24.2 Å². The van der Waals surface area contributed by atoms with Crippen molar-refractivity contribution >= 4 is 40.3 Å². The number of carbonyl (C=O) groups excluding carboxylic acids is 1. The Bertz CT molecular complexity index is 775. The minimum atomic E-state index is -0.469. The summed E-state index contributed by atoms with van der Waals surface area (Å²) in [5.74, 6) is -0.195. The largest absolute Gasteiger partial charge is 0.343 e. The van der Waals surface area contributed by atoms with Gasteiger partial charge in [0.05, 0.1) is 11.5 Å². The molecule has 8 heteroatoms. The zero-order valence-electron chi connectivity index (χ0n) is 13.9. The Hall–Kier alpha value is -3.00. The number of nitro benzene ring substituents is 1. The Morgan fingerprint density at radius 2 is 1.60 bits per heavy atom. The van der Waals surface area contributed by atoms with Gasteiger partial charge in [0.15, 0.2) is 5.11 Å². The number of thiocarbonyl (C=S) groups is 1. The summed E-state index contributed by atoms with van der Waals surface area (Å²) < 4.78 is 0. The first-order valence-electron chi connectivity index (χ1n) is 7.48. The number of non-ortho nitro benzene ring substituents is 1. The van der Waals surface area contributed by atoms with Gasteiger partial charge < -0.3 is 15.5 Å². The van der Waals surface area contributed by atoms with Crippen LogP contribution >= 0.6 is 12.2 Å². The molecule has 7 nitrogen and oxygen atoms in total. The molecule has 0 fully saturated rings. The lowest BCUT2D eigenvalue weighted by Gasteiger charge is -2.20. The molecule has 0 spiro atoms. The number of hydrogen-bond donors (Lipinski definition) is 2. The highest BCUT2D eigenvalue weighted by Gasteiger charge is 2.11. The lowest BCUT2D eigenvalue weighted by molar-refractivity contribution is -0.384. The van der Waals surface area contributed by atoms with Crippen LogP contribution in [0.2, 0.25) is 0 Å². The number of benzene rings is 2. The van der Waals surface area contributed by atoms with Gasteiger partial charge in [0.2, 0.25) is 5.91 Å². The Balaban J connectivity index is 1.87. The van der Waals surface area contributed by atoms with E-state index in [0.717, 1.165) is 11.3 Å². The number of hydrogen-bond acceptors (Lipinski definition) is 4. The molecule has 0 heterocycles. The summed E-state index contributed by atoms with van der Waals surface area (Å²) in [7, 11) is 1.69. The van der Waals surface area contributed by atoms with Crippen LogP contribution in [0.15, 0.2) is 48.5 Å². The molecule has 2 N–H and O–H groups in total. The summed E-state index contributed by atoms with van der Waals surface area (Å²) in [5, 5.41) is 16.7. The van der Waals surface area contributed by atoms with E-state index in [2.05, 4.69) is 10.6 Å². The highest BCUT2D eigenvalue weighted by molar-refractivity contribution is 7.80. The number of nitro groups is 1. The Morgan fingerprint density at radius 1 is 1.08 bits per heavy atom. The Labute approximate surface area is 150 Å². The van der Waals surface area contributed by atoms with Crippen molar-refractivity contribution in [2.24, 2.45) is 0 Å². The van der Waals surface area contributed by atoms with E-state index in [4.69, 9.17) is 12.2 Å². The Kier molecular flexibility index (Phi) is 6.02. The number of nitrogens with zero attached hydrogens (tertiary/aromatic N) is 2. The van der Waals surface area contributed by atoms with Gasteiger partial charge in [-0.2, -0.15) is 0 Å². The summed E-state index contributed by atoms with van der Waals surface area (Å²) in [4.78, 5) is 23.8. The second kappa shape index (κ2) is 8.20. The maximum absolute atomic E-state index is 12.1. The molecule has 2 aromatic rings. The van der Waals surface area contributed by atoms with Crippen molar-refractivity contribution in [1.29, 1.82) is 0 Å². The fourth-order valence-electron chi connectivity index (χ4n) is 2.01. The average Bonchev–Trinajstić information content (AvgIpc) is 2.57. The van der Waals surface area contributed by atoms with Crippen molar-refractivity contribution in [1.82, 2.24) is 4.90 Å². The van der Waals surface area contributed by atoms with Gasteiger partial charge in [-0.25, -0.2) is 0 Å². The van der Waals surface area contributed by atoms with Crippen LogP contribution < -0.4 is 10.6 Å². The zero-order chi connectivity index (χ0) is 18.4. The number of aryl methyl sites for hydroxylation is 1. The van der Waals surface area contributed by atoms with Crippen LogP contribution in [-0.4, -0.2) is 34.4 Å². The molecule has 0 saturated carbocycles. The van der Waals surface area contributed by atoms with Crippen LogP contribution in [-0.2, 0) is 4.79 Å². The van der Waals surface area contributed by atoms with Crippen molar-refractivity contribution in [3.8, 4) is 0 Å². The van der Waals surface area contributed by atoms with Gasteiger partial charge in [0.25, 0.3) is 5.69 Å². The van der Waals surface area contributed by atoms with Gasteiger partial charge in [0, 0.05) is 30.6 Å². The molecule has 0 bridgehead atoms. The average molecular weight is 358 g/mol. The van der Waals surface area contributed by atoms with Crippen molar-refractivity contribution in [2.45, 2.75) is 6.92 Å². The molecule has 130 valence electrons. The van der Waals surface area contributed by atoms with Crippen LogP contribution in [0.1, 0.15) is 5.56 Å². The van der Waals surface area contributed by atoms with Gasteiger partial charge in [0.1, 0.15) is 0 Å². The molecule has 0 saturated heterocycles. The minimum Gasteiger partial charge on any atom is -0.343 e. The van der Waals surface area contributed by atoms with Crippen molar-refractivity contribution < 1.29 is 9.72 Å². The second-order valence-electron chi connectivity index (χ2n) is 5.50. The molecule has 25 heavy (non-hydrogen) atoms. The highest BCUT2D eigenvalue weighted by atomic mass is 32.1. The third-order valence-electron chi connectivity index (χ3n) is 3.39.